The fraction of sp³-hybridized carbons (Fsp3) is 0.739. The van der Waals surface area contributed by atoms with Crippen molar-refractivity contribution in [1.29, 1.82) is 0 Å². The highest BCUT2D eigenvalue weighted by Crippen LogP contribution is 2.69. The van der Waals surface area contributed by atoms with E-state index in [2.05, 4.69) is 19.9 Å². The smallest absolute Gasteiger partial charge is 0.0983 e. The molecule has 7 atom stereocenters. The Kier molecular flexibility index (Phi) is 3.60. The van der Waals surface area contributed by atoms with Gasteiger partial charge in [-0.3, -0.25) is 0 Å². The van der Waals surface area contributed by atoms with E-state index < -0.39 is 5.60 Å². The van der Waals surface area contributed by atoms with Crippen LogP contribution in [0.25, 0.3) is 0 Å². The lowest BCUT2D eigenvalue weighted by Gasteiger charge is -2.59. The Balaban J connectivity index is 1.50. The van der Waals surface area contributed by atoms with Gasteiger partial charge in [-0.2, -0.15) is 0 Å². The Hall–Kier alpha value is -1.06. The molecule has 3 fully saturated rings. The van der Waals surface area contributed by atoms with Crippen molar-refractivity contribution in [3.63, 3.8) is 0 Å². The monoisotopic (exact) mass is 356 g/mol. The highest BCUT2D eigenvalue weighted by Gasteiger charge is 2.64. The summed E-state index contributed by atoms with van der Waals surface area (Å²) in [5.74, 6) is 2.00. The zero-order chi connectivity index (χ0) is 18.2. The lowest BCUT2D eigenvalue weighted by molar-refractivity contribution is -0.132. The van der Waals surface area contributed by atoms with Gasteiger partial charge in [0.2, 0.25) is 0 Å². The van der Waals surface area contributed by atoms with E-state index >= 15 is 0 Å². The van der Waals surface area contributed by atoms with Gasteiger partial charge in [-0.25, -0.2) is 0 Å². The molecule has 142 valence electrons. The minimum atomic E-state index is -0.741. The van der Waals surface area contributed by atoms with Crippen LogP contribution in [0.15, 0.2) is 34.7 Å². The second kappa shape index (κ2) is 5.48. The van der Waals surface area contributed by atoms with Crippen LogP contribution < -0.4 is 0 Å². The van der Waals surface area contributed by atoms with E-state index in [1.807, 2.05) is 6.07 Å². The molecule has 0 radical (unpaired) electrons. The third-order valence-electron chi connectivity index (χ3n) is 9.24. The van der Waals surface area contributed by atoms with Gasteiger partial charge in [0.1, 0.15) is 0 Å². The normalized spacial score (nSPS) is 50.5. The number of allylic oxidation sites excluding steroid dienone is 1. The molecular formula is C23H32O3. The van der Waals surface area contributed by atoms with Crippen LogP contribution in [0.4, 0.5) is 0 Å². The van der Waals surface area contributed by atoms with Crippen LogP contribution in [0, 0.1) is 28.6 Å². The molecule has 3 nitrogen and oxygen atoms in total. The number of hydrogen-bond acceptors (Lipinski definition) is 3. The first kappa shape index (κ1) is 17.1. The largest absolute Gasteiger partial charge is 0.472 e. The van der Waals surface area contributed by atoms with Crippen molar-refractivity contribution in [2.24, 2.45) is 28.6 Å². The van der Waals surface area contributed by atoms with Crippen LogP contribution in [-0.4, -0.2) is 16.3 Å². The van der Waals surface area contributed by atoms with Gasteiger partial charge >= 0.3 is 0 Å². The lowest BCUT2D eigenvalue weighted by atomic mass is 9.46. The zero-order valence-electron chi connectivity index (χ0n) is 16.1. The summed E-state index contributed by atoms with van der Waals surface area (Å²) in [7, 11) is 0. The minimum absolute atomic E-state index is 0.0518. The highest BCUT2D eigenvalue weighted by atomic mass is 16.3. The SMILES string of the molecule is C[C@]12CC[C@H](O)C=C1CC[C@@H]1[C@@H]2CC[C@@]2(C)[C@H]1CC[C@@]2(O)c1ccoc1. The summed E-state index contributed by atoms with van der Waals surface area (Å²) in [6, 6.07) is 1.96. The van der Waals surface area contributed by atoms with Crippen molar-refractivity contribution in [3.05, 3.63) is 35.8 Å². The Morgan fingerprint density at radius 2 is 1.85 bits per heavy atom. The van der Waals surface area contributed by atoms with Gasteiger partial charge in [-0.15, -0.1) is 0 Å². The molecule has 4 aliphatic rings. The zero-order valence-corrected chi connectivity index (χ0v) is 16.1. The maximum absolute atomic E-state index is 11.7. The van der Waals surface area contributed by atoms with Gasteiger partial charge in [0.15, 0.2) is 0 Å². The van der Waals surface area contributed by atoms with E-state index in [1.54, 1.807) is 12.5 Å². The molecule has 0 aromatic carbocycles. The lowest BCUT2D eigenvalue weighted by Crippen LogP contribution is -2.53. The molecular weight excluding hydrogens is 324 g/mol. The average Bonchev–Trinajstić information content (AvgIpc) is 3.24. The summed E-state index contributed by atoms with van der Waals surface area (Å²) >= 11 is 0. The van der Waals surface area contributed by atoms with Crippen LogP contribution in [0.1, 0.15) is 70.8 Å². The summed E-state index contributed by atoms with van der Waals surface area (Å²) in [6.45, 7) is 4.80. The van der Waals surface area contributed by atoms with Crippen LogP contribution in [-0.2, 0) is 5.60 Å². The number of hydrogen-bond donors (Lipinski definition) is 2. The quantitative estimate of drug-likeness (QED) is 0.711. The topological polar surface area (TPSA) is 53.6 Å². The molecule has 0 unspecified atom stereocenters. The predicted octanol–water partition coefficient (Wildman–Crippen LogP) is 4.79. The molecule has 3 heteroatoms. The van der Waals surface area contributed by atoms with Gasteiger partial charge in [-0.05, 0) is 80.6 Å². The minimum Gasteiger partial charge on any atom is -0.472 e. The van der Waals surface area contributed by atoms with Gasteiger partial charge in [0, 0.05) is 11.0 Å². The van der Waals surface area contributed by atoms with Crippen molar-refractivity contribution in [2.75, 3.05) is 0 Å². The van der Waals surface area contributed by atoms with Gasteiger partial charge in [0.25, 0.3) is 0 Å². The molecule has 2 N–H and O–H groups in total. The maximum Gasteiger partial charge on any atom is 0.0983 e. The second-order valence-electron chi connectivity index (χ2n) is 10.00. The Bertz CT molecular complexity index is 722. The standard InChI is InChI=1S/C23H32O3/c1-21-9-5-17(24)13-15(21)3-4-18-19(21)6-10-22(2)20(18)7-11-23(22,25)16-8-12-26-14-16/h8,12-14,17-20,24-25H,3-7,9-11H2,1-2H3/t17-,18+,19-,20-,21-,22-,23+/m0/s1. The Morgan fingerprint density at radius 3 is 2.62 bits per heavy atom. The fourth-order valence-corrected chi connectivity index (χ4v) is 7.70. The first-order chi connectivity index (χ1) is 12.4. The van der Waals surface area contributed by atoms with Crippen molar-refractivity contribution in [3.8, 4) is 0 Å². The van der Waals surface area contributed by atoms with E-state index in [-0.39, 0.29) is 16.9 Å². The maximum atomic E-state index is 11.7. The van der Waals surface area contributed by atoms with E-state index in [0.717, 1.165) is 44.1 Å². The summed E-state index contributed by atoms with van der Waals surface area (Å²) in [5, 5.41) is 21.8. The second-order valence-corrected chi connectivity index (χ2v) is 10.00. The van der Waals surface area contributed by atoms with E-state index in [0.29, 0.717) is 17.8 Å². The summed E-state index contributed by atoms with van der Waals surface area (Å²) < 4.78 is 5.33. The fourth-order valence-electron chi connectivity index (χ4n) is 7.70. The van der Waals surface area contributed by atoms with Crippen LogP contribution >= 0.6 is 0 Å². The van der Waals surface area contributed by atoms with Crippen molar-refractivity contribution in [1.82, 2.24) is 0 Å². The molecule has 0 saturated heterocycles. The molecule has 26 heavy (non-hydrogen) atoms. The first-order valence-electron chi connectivity index (χ1n) is 10.5. The average molecular weight is 357 g/mol. The third kappa shape index (κ3) is 2.02. The van der Waals surface area contributed by atoms with Crippen molar-refractivity contribution >= 4 is 0 Å². The van der Waals surface area contributed by atoms with E-state index in [4.69, 9.17) is 4.42 Å². The molecule has 0 amide bonds. The molecule has 0 spiro atoms. The van der Waals surface area contributed by atoms with Crippen molar-refractivity contribution < 1.29 is 14.6 Å². The first-order valence-corrected chi connectivity index (χ1v) is 10.5. The molecule has 3 saturated carbocycles. The molecule has 0 bridgehead atoms. The van der Waals surface area contributed by atoms with Gasteiger partial charge in [-0.1, -0.05) is 25.5 Å². The van der Waals surface area contributed by atoms with Gasteiger partial charge < -0.3 is 14.6 Å². The summed E-state index contributed by atoms with van der Waals surface area (Å²) in [5.41, 5.74) is 1.97. The summed E-state index contributed by atoms with van der Waals surface area (Å²) in [6.07, 6.45) is 14.0. The van der Waals surface area contributed by atoms with Crippen LogP contribution in [0.5, 0.6) is 0 Å². The predicted molar refractivity (Wildman–Crippen MR) is 100 cm³/mol. The molecule has 5 rings (SSSR count). The molecule has 1 aromatic rings. The Morgan fingerprint density at radius 1 is 1.04 bits per heavy atom. The third-order valence-corrected chi connectivity index (χ3v) is 9.24. The number of aliphatic hydroxyl groups excluding tert-OH is 1. The van der Waals surface area contributed by atoms with Gasteiger partial charge in [0.05, 0.1) is 24.2 Å². The number of aliphatic hydroxyl groups is 2. The van der Waals surface area contributed by atoms with Crippen molar-refractivity contribution in [2.45, 2.75) is 76.9 Å². The number of rotatable bonds is 1. The molecule has 1 heterocycles. The van der Waals surface area contributed by atoms with E-state index in [1.165, 1.54) is 18.4 Å². The molecule has 0 aliphatic heterocycles. The van der Waals surface area contributed by atoms with Crippen LogP contribution in [0.2, 0.25) is 0 Å². The van der Waals surface area contributed by atoms with Crippen LogP contribution in [0.3, 0.4) is 0 Å². The molecule has 4 aliphatic carbocycles. The Labute approximate surface area is 156 Å². The number of furan rings is 1. The van der Waals surface area contributed by atoms with E-state index in [9.17, 15) is 10.2 Å². The highest BCUT2D eigenvalue weighted by molar-refractivity contribution is 5.29. The summed E-state index contributed by atoms with van der Waals surface area (Å²) in [4.78, 5) is 0. The number of fused-ring (bicyclic) bond motifs is 5. The molecule has 1 aromatic heterocycles.